The number of hydrogen-bond donors (Lipinski definition) is 1. The highest BCUT2D eigenvalue weighted by molar-refractivity contribution is 5.96. The van der Waals surface area contributed by atoms with E-state index in [0.29, 0.717) is 18.2 Å². The summed E-state index contributed by atoms with van der Waals surface area (Å²) in [5, 5.41) is 2.73. The van der Waals surface area contributed by atoms with Crippen LogP contribution in [0.1, 0.15) is 48.1 Å². The first kappa shape index (κ1) is 9.12. The molecular weight excluding hydrogens is 178 g/mol. The van der Waals surface area contributed by atoms with Gasteiger partial charge in [0.15, 0.2) is 0 Å². The van der Waals surface area contributed by atoms with Gasteiger partial charge in [-0.25, -0.2) is 9.97 Å². The fourth-order valence-electron chi connectivity index (χ4n) is 1.43. The van der Waals surface area contributed by atoms with Gasteiger partial charge in [-0.05, 0) is 6.42 Å². The standard InChI is InChI=1S/C10H13N3O/c1-3-6(2)9-11-4-7-5-12-10(14)8(7)13-9/h4,6H,3,5H2,1-2H3,(H,12,14)/t6-/m0/s1. The van der Waals surface area contributed by atoms with Crippen molar-refractivity contribution in [3.63, 3.8) is 0 Å². The van der Waals surface area contributed by atoms with Gasteiger partial charge in [-0.2, -0.15) is 0 Å². The molecule has 0 aromatic carbocycles. The zero-order valence-corrected chi connectivity index (χ0v) is 8.37. The highest BCUT2D eigenvalue weighted by atomic mass is 16.2. The number of rotatable bonds is 2. The van der Waals surface area contributed by atoms with E-state index in [-0.39, 0.29) is 5.91 Å². The summed E-state index contributed by atoms with van der Waals surface area (Å²) in [6, 6.07) is 0. The zero-order valence-electron chi connectivity index (χ0n) is 8.37. The fraction of sp³-hybridized carbons (Fsp3) is 0.500. The van der Waals surface area contributed by atoms with E-state index in [2.05, 4.69) is 29.1 Å². The van der Waals surface area contributed by atoms with Gasteiger partial charge in [-0.1, -0.05) is 13.8 Å². The minimum absolute atomic E-state index is 0.0769. The molecule has 0 fully saturated rings. The smallest absolute Gasteiger partial charge is 0.270 e. The van der Waals surface area contributed by atoms with Gasteiger partial charge in [0, 0.05) is 24.2 Å². The highest BCUT2D eigenvalue weighted by Crippen LogP contribution is 2.18. The van der Waals surface area contributed by atoms with Crippen molar-refractivity contribution in [1.29, 1.82) is 0 Å². The third-order valence-corrected chi connectivity index (χ3v) is 2.59. The average Bonchev–Trinajstić information content (AvgIpc) is 2.59. The molecule has 14 heavy (non-hydrogen) atoms. The summed E-state index contributed by atoms with van der Waals surface area (Å²) in [5.74, 6) is 1.00. The molecule has 74 valence electrons. The maximum Gasteiger partial charge on any atom is 0.270 e. The molecule has 0 bridgehead atoms. The maximum absolute atomic E-state index is 11.3. The Balaban J connectivity index is 2.39. The van der Waals surface area contributed by atoms with Crippen molar-refractivity contribution in [3.8, 4) is 0 Å². The molecule has 2 heterocycles. The number of fused-ring (bicyclic) bond motifs is 1. The molecule has 1 aromatic rings. The van der Waals surface area contributed by atoms with Crippen LogP contribution in [0.5, 0.6) is 0 Å². The summed E-state index contributed by atoms with van der Waals surface area (Å²) >= 11 is 0. The normalized spacial score (nSPS) is 16.3. The van der Waals surface area contributed by atoms with Crippen LogP contribution in [0, 0.1) is 0 Å². The van der Waals surface area contributed by atoms with Crippen molar-refractivity contribution in [2.24, 2.45) is 0 Å². The van der Waals surface area contributed by atoms with Gasteiger partial charge in [-0.15, -0.1) is 0 Å². The van der Waals surface area contributed by atoms with E-state index >= 15 is 0 Å². The second kappa shape index (κ2) is 3.36. The van der Waals surface area contributed by atoms with Crippen LogP contribution >= 0.6 is 0 Å². The van der Waals surface area contributed by atoms with E-state index in [1.165, 1.54) is 0 Å². The molecule has 0 aliphatic carbocycles. The summed E-state index contributed by atoms with van der Waals surface area (Å²) in [6.07, 6.45) is 2.74. The quantitative estimate of drug-likeness (QED) is 0.765. The van der Waals surface area contributed by atoms with Gasteiger partial charge in [0.2, 0.25) is 0 Å². The molecule has 0 saturated heterocycles. The SMILES string of the molecule is CC[C@H](C)c1ncc2c(n1)C(=O)NC2. The first-order chi connectivity index (χ1) is 6.72. The summed E-state index contributed by atoms with van der Waals surface area (Å²) in [6.45, 7) is 4.71. The molecule has 1 N–H and O–H groups in total. The Hall–Kier alpha value is -1.45. The average molecular weight is 191 g/mol. The van der Waals surface area contributed by atoms with E-state index in [1.807, 2.05) is 0 Å². The Morgan fingerprint density at radius 3 is 3.14 bits per heavy atom. The van der Waals surface area contributed by atoms with Crippen molar-refractivity contribution in [3.05, 3.63) is 23.3 Å². The predicted octanol–water partition coefficient (Wildman–Crippen LogP) is 1.23. The Labute approximate surface area is 82.8 Å². The number of hydrogen-bond acceptors (Lipinski definition) is 3. The number of aromatic nitrogens is 2. The van der Waals surface area contributed by atoms with E-state index in [4.69, 9.17) is 0 Å². The van der Waals surface area contributed by atoms with Crippen LogP contribution in [0.3, 0.4) is 0 Å². The molecule has 4 heteroatoms. The van der Waals surface area contributed by atoms with Crippen LogP contribution in [0.25, 0.3) is 0 Å². The Morgan fingerprint density at radius 1 is 1.64 bits per heavy atom. The van der Waals surface area contributed by atoms with Gasteiger partial charge in [0.25, 0.3) is 5.91 Å². The van der Waals surface area contributed by atoms with Crippen molar-refractivity contribution < 1.29 is 4.79 Å². The van der Waals surface area contributed by atoms with E-state index in [1.54, 1.807) is 6.20 Å². The first-order valence-electron chi connectivity index (χ1n) is 4.86. The van der Waals surface area contributed by atoms with Crippen LogP contribution in [-0.4, -0.2) is 15.9 Å². The number of nitrogens with one attached hydrogen (secondary N) is 1. The molecule has 0 saturated carbocycles. The largest absolute Gasteiger partial charge is 0.346 e. The van der Waals surface area contributed by atoms with Crippen molar-refractivity contribution in [2.45, 2.75) is 32.7 Å². The van der Waals surface area contributed by atoms with Crippen LogP contribution in [0.15, 0.2) is 6.20 Å². The van der Waals surface area contributed by atoms with E-state index < -0.39 is 0 Å². The lowest BCUT2D eigenvalue weighted by Gasteiger charge is -2.06. The monoisotopic (exact) mass is 191 g/mol. The summed E-state index contributed by atoms with van der Waals surface area (Å²) in [5.41, 5.74) is 1.46. The van der Waals surface area contributed by atoms with Gasteiger partial charge in [0.1, 0.15) is 11.5 Å². The van der Waals surface area contributed by atoms with Crippen LogP contribution in [-0.2, 0) is 6.54 Å². The minimum atomic E-state index is -0.0769. The van der Waals surface area contributed by atoms with Crippen molar-refractivity contribution in [2.75, 3.05) is 0 Å². The molecule has 0 radical (unpaired) electrons. The topological polar surface area (TPSA) is 54.9 Å². The molecule has 2 rings (SSSR count). The van der Waals surface area contributed by atoms with E-state index in [9.17, 15) is 4.79 Å². The Kier molecular flexibility index (Phi) is 2.19. The zero-order chi connectivity index (χ0) is 10.1. The lowest BCUT2D eigenvalue weighted by Crippen LogP contribution is -2.14. The number of carbonyl (C=O) groups is 1. The van der Waals surface area contributed by atoms with Crippen molar-refractivity contribution >= 4 is 5.91 Å². The Morgan fingerprint density at radius 2 is 2.43 bits per heavy atom. The van der Waals surface area contributed by atoms with Gasteiger partial charge in [-0.3, -0.25) is 4.79 Å². The number of carbonyl (C=O) groups excluding carboxylic acids is 1. The minimum Gasteiger partial charge on any atom is -0.346 e. The summed E-state index contributed by atoms with van der Waals surface area (Å²) in [4.78, 5) is 19.9. The number of amides is 1. The molecule has 0 spiro atoms. The maximum atomic E-state index is 11.3. The predicted molar refractivity (Wildman–Crippen MR) is 51.9 cm³/mol. The molecule has 0 unspecified atom stereocenters. The van der Waals surface area contributed by atoms with Crippen molar-refractivity contribution in [1.82, 2.24) is 15.3 Å². The molecule has 1 aliphatic rings. The van der Waals surface area contributed by atoms with Gasteiger partial charge < -0.3 is 5.32 Å². The van der Waals surface area contributed by atoms with E-state index in [0.717, 1.165) is 17.8 Å². The third-order valence-electron chi connectivity index (χ3n) is 2.59. The Bertz CT molecular complexity index is 376. The molecule has 1 atom stereocenters. The number of nitrogens with zero attached hydrogens (tertiary/aromatic N) is 2. The second-order valence-corrected chi connectivity index (χ2v) is 3.59. The fourth-order valence-corrected chi connectivity index (χ4v) is 1.43. The van der Waals surface area contributed by atoms with Crippen LogP contribution in [0.2, 0.25) is 0 Å². The molecular formula is C10H13N3O. The highest BCUT2D eigenvalue weighted by Gasteiger charge is 2.22. The summed E-state index contributed by atoms with van der Waals surface area (Å²) < 4.78 is 0. The van der Waals surface area contributed by atoms with Crippen LogP contribution < -0.4 is 5.32 Å². The molecule has 1 aliphatic heterocycles. The summed E-state index contributed by atoms with van der Waals surface area (Å²) in [7, 11) is 0. The third kappa shape index (κ3) is 1.36. The molecule has 4 nitrogen and oxygen atoms in total. The lowest BCUT2D eigenvalue weighted by atomic mass is 10.1. The molecule has 1 aromatic heterocycles. The molecule has 1 amide bonds. The lowest BCUT2D eigenvalue weighted by molar-refractivity contribution is 0.0961. The second-order valence-electron chi connectivity index (χ2n) is 3.59. The van der Waals surface area contributed by atoms with Gasteiger partial charge in [0.05, 0.1) is 0 Å². The van der Waals surface area contributed by atoms with Crippen LogP contribution in [0.4, 0.5) is 0 Å². The van der Waals surface area contributed by atoms with Gasteiger partial charge >= 0.3 is 0 Å². The first-order valence-corrected chi connectivity index (χ1v) is 4.86.